The van der Waals surface area contributed by atoms with Gasteiger partial charge in [-0.3, -0.25) is 14.3 Å². The Bertz CT molecular complexity index is 1420. The number of alkyl halides is 2. The molecule has 1 amide bonds. The Kier molecular flexibility index (Phi) is 6.82. The van der Waals surface area contributed by atoms with Crippen LogP contribution in [0.1, 0.15) is 67.1 Å². The Morgan fingerprint density at radius 1 is 1.13 bits per heavy atom. The number of rotatable bonds is 7. The molecule has 3 aromatic rings. The molecule has 1 heterocycles. The fraction of sp³-hybridized carbons (Fsp3) is 0.414. The molecule has 7 nitrogen and oxygen atoms in total. The van der Waals surface area contributed by atoms with E-state index in [9.17, 15) is 18.4 Å². The van der Waals surface area contributed by atoms with Crippen LogP contribution >= 0.6 is 0 Å². The van der Waals surface area contributed by atoms with Crippen LogP contribution in [0.4, 0.5) is 8.78 Å². The highest BCUT2D eigenvalue weighted by atomic mass is 19.3. The molecule has 0 radical (unpaired) electrons. The van der Waals surface area contributed by atoms with Crippen LogP contribution in [-0.4, -0.2) is 41.4 Å². The number of methoxy groups -OCH3 is 1. The van der Waals surface area contributed by atoms with Gasteiger partial charge in [0.15, 0.2) is 0 Å². The maximum atomic E-state index is 13.5. The van der Waals surface area contributed by atoms with Crippen molar-refractivity contribution in [2.75, 3.05) is 7.11 Å². The van der Waals surface area contributed by atoms with E-state index >= 15 is 0 Å². The molecule has 2 aliphatic carbocycles. The smallest absolute Gasteiger partial charge is 0.387 e. The van der Waals surface area contributed by atoms with E-state index in [1.165, 1.54) is 19.2 Å². The summed E-state index contributed by atoms with van der Waals surface area (Å²) in [4.78, 5) is 25.2. The summed E-state index contributed by atoms with van der Waals surface area (Å²) in [5, 5.41) is 8.52. The van der Waals surface area contributed by atoms with Crippen molar-refractivity contribution >= 4 is 22.8 Å². The van der Waals surface area contributed by atoms with Crippen molar-refractivity contribution in [2.45, 2.75) is 58.2 Å². The number of halogens is 2. The van der Waals surface area contributed by atoms with Gasteiger partial charge >= 0.3 is 12.6 Å². The topological polar surface area (TPSA) is 82.5 Å². The SMILES string of the molecule is CC#Cc1ccc(C(=O)NC2CC3(C2)CC(C(=O)OC)C3)c2c1cnn2C(C)c1ccc(OC(F)F)cc1. The summed E-state index contributed by atoms with van der Waals surface area (Å²) in [7, 11) is 1.41. The highest BCUT2D eigenvalue weighted by molar-refractivity contribution is 6.07. The minimum atomic E-state index is -2.89. The lowest BCUT2D eigenvalue weighted by molar-refractivity contribution is -0.159. The summed E-state index contributed by atoms with van der Waals surface area (Å²) < 4.78 is 36.2. The quantitative estimate of drug-likeness (QED) is 0.346. The molecule has 0 aliphatic heterocycles. The predicted octanol–water partition coefficient (Wildman–Crippen LogP) is 5.08. The van der Waals surface area contributed by atoms with Gasteiger partial charge in [0, 0.05) is 17.0 Å². The molecule has 2 fully saturated rings. The molecule has 5 rings (SSSR count). The molecule has 1 unspecified atom stereocenters. The van der Waals surface area contributed by atoms with Gasteiger partial charge in [0.05, 0.1) is 36.3 Å². The summed E-state index contributed by atoms with van der Waals surface area (Å²) in [6.45, 7) is 0.788. The Balaban J connectivity index is 1.38. The molecular weight excluding hydrogens is 492 g/mol. The van der Waals surface area contributed by atoms with E-state index in [4.69, 9.17) is 4.74 Å². The van der Waals surface area contributed by atoms with Gasteiger partial charge in [0.2, 0.25) is 0 Å². The van der Waals surface area contributed by atoms with Gasteiger partial charge in [0.1, 0.15) is 5.75 Å². The third-order valence-electron chi connectivity index (χ3n) is 7.80. The van der Waals surface area contributed by atoms with Crippen LogP contribution < -0.4 is 10.1 Å². The second-order valence-electron chi connectivity index (χ2n) is 10.2. The van der Waals surface area contributed by atoms with Gasteiger partial charge in [0.25, 0.3) is 5.91 Å². The number of amides is 1. The summed E-state index contributed by atoms with van der Waals surface area (Å²) in [6.07, 6.45) is 5.02. The average molecular weight is 522 g/mol. The molecule has 0 saturated heterocycles. The Labute approximate surface area is 219 Å². The van der Waals surface area contributed by atoms with Crippen LogP contribution in [0, 0.1) is 23.2 Å². The monoisotopic (exact) mass is 521 g/mol. The lowest BCUT2D eigenvalue weighted by Crippen LogP contribution is -2.57. The lowest BCUT2D eigenvalue weighted by Gasteiger charge is -2.56. The third-order valence-corrected chi connectivity index (χ3v) is 7.80. The molecule has 1 aromatic heterocycles. The first-order valence-electron chi connectivity index (χ1n) is 12.6. The van der Waals surface area contributed by atoms with Crippen molar-refractivity contribution in [2.24, 2.45) is 11.3 Å². The average Bonchev–Trinajstić information content (AvgIpc) is 3.29. The van der Waals surface area contributed by atoms with Gasteiger partial charge in [-0.25, -0.2) is 0 Å². The number of ether oxygens (including phenoxy) is 2. The minimum absolute atomic E-state index is 0.0321. The number of aromatic nitrogens is 2. The molecule has 2 aromatic carbocycles. The molecule has 198 valence electrons. The number of nitrogens with zero attached hydrogens (tertiary/aromatic N) is 2. The molecule has 2 aliphatic rings. The molecule has 1 spiro atoms. The Hall–Kier alpha value is -3.93. The van der Waals surface area contributed by atoms with E-state index in [-0.39, 0.29) is 41.0 Å². The van der Waals surface area contributed by atoms with Crippen LogP contribution in [0.15, 0.2) is 42.6 Å². The summed E-state index contributed by atoms with van der Waals surface area (Å²) in [5.41, 5.74) is 2.87. The second-order valence-corrected chi connectivity index (χ2v) is 10.2. The standard InChI is InChI=1S/C29H29F2N3O4/c1-4-5-19-8-11-23(26(35)33-21-14-29(15-21)12-20(13-29)27(36)37-3)25-24(19)16-32-34(25)17(2)18-6-9-22(10-7-18)38-28(30)31/h6-11,16-17,20-21,28H,12-15H2,1-3H3,(H,33,35). The zero-order valence-corrected chi connectivity index (χ0v) is 21.5. The number of carbonyl (C=O) groups excluding carboxylic acids is 2. The summed E-state index contributed by atoms with van der Waals surface area (Å²) in [6, 6.07) is 9.75. The van der Waals surface area contributed by atoms with Crippen molar-refractivity contribution in [3.05, 3.63) is 59.3 Å². The van der Waals surface area contributed by atoms with Gasteiger partial charge in [-0.05, 0) is 74.8 Å². The third kappa shape index (κ3) is 4.71. The highest BCUT2D eigenvalue weighted by Gasteiger charge is 2.55. The first-order chi connectivity index (χ1) is 18.2. The van der Waals surface area contributed by atoms with Crippen molar-refractivity contribution in [3.63, 3.8) is 0 Å². The van der Waals surface area contributed by atoms with Gasteiger partial charge < -0.3 is 14.8 Å². The molecular formula is C29H29F2N3O4. The zero-order chi connectivity index (χ0) is 27.0. The van der Waals surface area contributed by atoms with Crippen LogP contribution in [0.5, 0.6) is 5.75 Å². The fourth-order valence-corrected chi connectivity index (χ4v) is 5.96. The number of fused-ring (bicyclic) bond motifs is 1. The number of esters is 1. The maximum absolute atomic E-state index is 13.5. The van der Waals surface area contributed by atoms with Crippen LogP contribution in [0.2, 0.25) is 0 Å². The van der Waals surface area contributed by atoms with Gasteiger partial charge in [-0.1, -0.05) is 18.1 Å². The zero-order valence-electron chi connectivity index (χ0n) is 21.5. The van der Waals surface area contributed by atoms with E-state index in [1.54, 1.807) is 36.0 Å². The minimum Gasteiger partial charge on any atom is -0.469 e. The first-order valence-corrected chi connectivity index (χ1v) is 12.6. The number of nitrogens with one attached hydrogen (secondary N) is 1. The van der Waals surface area contributed by atoms with Crippen molar-refractivity contribution in [1.82, 2.24) is 15.1 Å². The molecule has 1 atom stereocenters. The van der Waals surface area contributed by atoms with Crippen molar-refractivity contribution in [3.8, 4) is 17.6 Å². The number of benzene rings is 2. The molecule has 9 heteroatoms. The van der Waals surface area contributed by atoms with E-state index in [1.807, 2.05) is 13.0 Å². The summed E-state index contributed by atoms with van der Waals surface area (Å²) >= 11 is 0. The predicted molar refractivity (Wildman–Crippen MR) is 137 cm³/mol. The summed E-state index contributed by atoms with van der Waals surface area (Å²) in [5.74, 6) is 5.69. The largest absolute Gasteiger partial charge is 0.469 e. The highest BCUT2D eigenvalue weighted by Crippen LogP contribution is 2.59. The molecule has 38 heavy (non-hydrogen) atoms. The number of hydrogen-bond donors (Lipinski definition) is 1. The maximum Gasteiger partial charge on any atom is 0.387 e. The number of carbonyl (C=O) groups is 2. The molecule has 1 N–H and O–H groups in total. The van der Waals surface area contributed by atoms with E-state index < -0.39 is 6.61 Å². The van der Waals surface area contributed by atoms with Crippen LogP contribution in [0.3, 0.4) is 0 Å². The van der Waals surface area contributed by atoms with E-state index in [0.29, 0.717) is 11.1 Å². The normalized spacial score (nSPS) is 22.7. The van der Waals surface area contributed by atoms with Crippen LogP contribution in [0.25, 0.3) is 10.9 Å². The van der Waals surface area contributed by atoms with Crippen molar-refractivity contribution in [1.29, 1.82) is 0 Å². The van der Waals surface area contributed by atoms with E-state index in [2.05, 4.69) is 27.0 Å². The Morgan fingerprint density at radius 2 is 1.84 bits per heavy atom. The Morgan fingerprint density at radius 3 is 2.47 bits per heavy atom. The first kappa shape index (κ1) is 25.7. The van der Waals surface area contributed by atoms with E-state index in [0.717, 1.165) is 42.2 Å². The number of hydrogen-bond acceptors (Lipinski definition) is 5. The fourth-order valence-electron chi connectivity index (χ4n) is 5.96. The van der Waals surface area contributed by atoms with Crippen LogP contribution in [-0.2, 0) is 9.53 Å². The van der Waals surface area contributed by atoms with Gasteiger partial charge in [-0.15, -0.1) is 5.92 Å². The van der Waals surface area contributed by atoms with Gasteiger partial charge in [-0.2, -0.15) is 13.9 Å². The molecule has 2 saturated carbocycles. The molecule has 0 bridgehead atoms. The lowest BCUT2D eigenvalue weighted by atomic mass is 9.50. The second kappa shape index (κ2) is 10.1. The van der Waals surface area contributed by atoms with Crippen molar-refractivity contribution < 1.29 is 27.8 Å².